The Morgan fingerprint density at radius 3 is 2.62 bits per heavy atom. The number of halogens is 1. The molecule has 1 atom stereocenters. The van der Waals surface area contributed by atoms with Gasteiger partial charge in [-0.1, -0.05) is 24.3 Å². The predicted octanol–water partition coefficient (Wildman–Crippen LogP) is 3.23. The number of rotatable bonds is 5. The molecule has 3 rings (SSSR count). The summed E-state index contributed by atoms with van der Waals surface area (Å²) >= 11 is 0. The lowest BCUT2D eigenvalue weighted by Gasteiger charge is -2.32. The van der Waals surface area contributed by atoms with E-state index in [1.165, 1.54) is 34.6 Å². The number of hydrogen-bond donors (Lipinski definition) is 1. The molecule has 1 fully saturated rings. The number of hydrogen-bond acceptors (Lipinski definition) is 3. The van der Waals surface area contributed by atoms with Crippen molar-refractivity contribution >= 4 is 16.0 Å². The molecule has 0 aromatic heterocycles. The number of carboxylic acids is 1. The Morgan fingerprint density at radius 2 is 1.92 bits per heavy atom. The minimum Gasteiger partial charge on any atom is -0.478 e. The van der Waals surface area contributed by atoms with E-state index in [1.807, 2.05) is 6.07 Å². The van der Waals surface area contributed by atoms with Crippen molar-refractivity contribution in [3.8, 4) is 0 Å². The highest BCUT2D eigenvalue weighted by Crippen LogP contribution is 2.29. The van der Waals surface area contributed by atoms with Gasteiger partial charge in [0, 0.05) is 13.1 Å². The Kier molecular flexibility index (Phi) is 5.38. The van der Waals surface area contributed by atoms with Crippen molar-refractivity contribution in [1.82, 2.24) is 4.31 Å². The summed E-state index contributed by atoms with van der Waals surface area (Å²) in [5.41, 5.74) is 1.58. The Balaban J connectivity index is 1.76. The second-order valence-corrected chi connectivity index (χ2v) is 8.48. The lowest BCUT2D eigenvalue weighted by atomic mass is 9.91. The van der Waals surface area contributed by atoms with Gasteiger partial charge in [-0.15, -0.1) is 0 Å². The van der Waals surface area contributed by atoms with Crippen LogP contribution in [0.4, 0.5) is 4.39 Å². The van der Waals surface area contributed by atoms with Crippen LogP contribution >= 0.6 is 0 Å². The fraction of sp³-hybridized carbons (Fsp3) is 0.316. The maximum Gasteiger partial charge on any atom is 0.335 e. The average Bonchev–Trinajstić information content (AvgIpc) is 2.64. The van der Waals surface area contributed by atoms with E-state index in [0.717, 1.165) is 12.0 Å². The molecule has 1 saturated heterocycles. The van der Waals surface area contributed by atoms with Crippen LogP contribution in [0.2, 0.25) is 0 Å². The lowest BCUT2D eigenvalue weighted by molar-refractivity contribution is 0.0696. The molecule has 0 bridgehead atoms. The van der Waals surface area contributed by atoms with Crippen LogP contribution < -0.4 is 0 Å². The Labute approximate surface area is 152 Å². The normalized spacial score (nSPS) is 18.6. The molecule has 138 valence electrons. The van der Waals surface area contributed by atoms with Crippen molar-refractivity contribution in [2.24, 2.45) is 0 Å². The summed E-state index contributed by atoms with van der Waals surface area (Å²) in [6.45, 7) is 0.769. The fourth-order valence-electron chi connectivity index (χ4n) is 3.28. The molecule has 1 heterocycles. The molecule has 2 aromatic rings. The van der Waals surface area contributed by atoms with Crippen LogP contribution in [0.15, 0.2) is 48.5 Å². The van der Waals surface area contributed by atoms with Gasteiger partial charge in [0.2, 0.25) is 10.0 Å². The first-order valence-electron chi connectivity index (χ1n) is 8.41. The molecular weight excluding hydrogens is 357 g/mol. The van der Waals surface area contributed by atoms with Gasteiger partial charge in [0.1, 0.15) is 5.82 Å². The minimum atomic E-state index is -3.52. The van der Waals surface area contributed by atoms with Gasteiger partial charge < -0.3 is 5.11 Å². The molecule has 0 aliphatic carbocycles. The second-order valence-electron chi connectivity index (χ2n) is 6.51. The summed E-state index contributed by atoms with van der Waals surface area (Å²) in [4.78, 5) is 11.2. The van der Waals surface area contributed by atoms with E-state index in [2.05, 4.69) is 0 Å². The third-order valence-electron chi connectivity index (χ3n) is 4.64. The van der Waals surface area contributed by atoms with Gasteiger partial charge in [0.05, 0.1) is 11.3 Å². The SMILES string of the molecule is O=C(O)c1cccc(C2CCCN(S(=O)(=O)Cc3ccc(F)cc3)C2)c1. The molecule has 1 unspecified atom stereocenters. The summed E-state index contributed by atoms with van der Waals surface area (Å²) < 4.78 is 39.9. The molecule has 0 amide bonds. The third kappa shape index (κ3) is 4.28. The summed E-state index contributed by atoms with van der Waals surface area (Å²) in [7, 11) is -3.52. The second kappa shape index (κ2) is 7.55. The molecule has 2 aromatic carbocycles. The van der Waals surface area contributed by atoms with E-state index in [0.29, 0.717) is 25.1 Å². The van der Waals surface area contributed by atoms with Crippen molar-refractivity contribution in [1.29, 1.82) is 0 Å². The van der Waals surface area contributed by atoms with E-state index < -0.39 is 21.8 Å². The summed E-state index contributed by atoms with van der Waals surface area (Å²) in [6.07, 6.45) is 1.52. The first-order chi connectivity index (χ1) is 12.3. The number of nitrogens with zero attached hydrogens (tertiary/aromatic N) is 1. The highest BCUT2D eigenvalue weighted by Gasteiger charge is 2.30. The molecule has 1 aliphatic heterocycles. The van der Waals surface area contributed by atoms with E-state index in [1.54, 1.807) is 12.1 Å². The molecule has 0 spiro atoms. The standard InChI is InChI=1S/C19H20FNO4S/c20-18-8-6-14(7-9-18)13-26(24,25)21-10-2-5-17(12-21)15-3-1-4-16(11-15)19(22)23/h1,3-4,6-9,11,17H,2,5,10,12-13H2,(H,22,23). The molecule has 0 saturated carbocycles. The van der Waals surface area contributed by atoms with Crippen molar-refractivity contribution in [2.45, 2.75) is 24.5 Å². The zero-order valence-corrected chi connectivity index (χ0v) is 15.0. The molecule has 26 heavy (non-hydrogen) atoms. The zero-order valence-electron chi connectivity index (χ0n) is 14.1. The maximum atomic E-state index is 13.0. The van der Waals surface area contributed by atoms with E-state index in [9.17, 15) is 17.6 Å². The first-order valence-corrected chi connectivity index (χ1v) is 10.0. The average molecular weight is 377 g/mol. The Morgan fingerprint density at radius 1 is 1.19 bits per heavy atom. The predicted molar refractivity (Wildman–Crippen MR) is 96.0 cm³/mol. The van der Waals surface area contributed by atoms with Crippen LogP contribution in [-0.4, -0.2) is 36.9 Å². The van der Waals surface area contributed by atoms with Crippen molar-refractivity contribution in [2.75, 3.05) is 13.1 Å². The lowest BCUT2D eigenvalue weighted by Crippen LogP contribution is -2.39. The van der Waals surface area contributed by atoms with Crippen LogP contribution in [0.5, 0.6) is 0 Å². The minimum absolute atomic E-state index is 0.0361. The topological polar surface area (TPSA) is 74.7 Å². The van der Waals surface area contributed by atoms with Crippen molar-refractivity contribution in [3.05, 3.63) is 71.0 Å². The van der Waals surface area contributed by atoms with Gasteiger partial charge in [0.15, 0.2) is 0 Å². The van der Waals surface area contributed by atoms with Gasteiger partial charge in [0.25, 0.3) is 0 Å². The number of piperidine rings is 1. The van der Waals surface area contributed by atoms with E-state index >= 15 is 0 Å². The number of carboxylic acid groups (broad SMARTS) is 1. The number of benzene rings is 2. The molecule has 7 heteroatoms. The summed E-state index contributed by atoms with van der Waals surface area (Å²) in [5, 5.41) is 9.14. The molecule has 0 radical (unpaired) electrons. The molecule has 1 aliphatic rings. The van der Waals surface area contributed by atoms with Crippen molar-refractivity contribution in [3.63, 3.8) is 0 Å². The number of sulfonamides is 1. The largest absolute Gasteiger partial charge is 0.478 e. The summed E-state index contributed by atoms with van der Waals surface area (Å²) in [5.74, 6) is -1.60. The van der Waals surface area contributed by atoms with Gasteiger partial charge >= 0.3 is 5.97 Å². The maximum absolute atomic E-state index is 13.0. The monoisotopic (exact) mass is 377 g/mol. The molecular formula is C19H20FNO4S. The van der Waals surface area contributed by atoms with Gasteiger partial charge in [-0.2, -0.15) is 0 Å². The zero-order chi connectivity index (χ0) is 18.7. The quantitative estimate of drug-likeness (QED) is 0.868. The van der Waals surface area contributed by atoms with Crippen LogP contribution in [-0.2, 0) is 15.8 Å². The Hall–Kier alpha value is -2.25. The summed E-state index contributed by atoms with van der Waals surface area (Å²) in [6, 6.07) is 12.1. The van der Waals surface area contributed by atoms with E-state index in [-0.39, 0.29) is 17.2 Å². The van der Waals surface area contributed by atoms with Crippen LogP contribution in [0.1, 0.15) is 40.2 Å². The number of aromatic carboxylic acids is 1. The third-order valence-corrected chi connectivity index (χ3v) is 6.46. The highest BCUT2D eigenvalue weighted by molar-refractivity contribution is 7.88. The van der Waals surface area contributed by atoms with Crippen molar-refractivity contribution < 1.29 is 22.7 Å². The van der Waals surface area contributed by atoms with Crippen LogP contribution in [0.3, 0.4) is 0 Å². The highest BCUT2D eigenvalue weighted by atomic mass is 32.2. The Bertz CT molecular complexity index is 896. The van der Waals surface area contributed by atoms with Gasteiger partial charge in [-0.05, 0) is 54.2 Å². The molecule has 1 N–H and O–H groups in total. The number of carbonyl (C=O) groups is 1. The van der Waals surface area contributed by atoms with Gasteiger partial charge in [-0.25, -0.2) is 21.9 Å². The van der Waals surface area contributed by atoms with Gasteiger partial charge in [-0.3, -0.25) is 0 Å². The van der Waals surface area contributed by atoms with Crippen LogP contribution in [0.25, 0.3) is 0 Å². The first kappa shape index (κ1) is 18.5. The molecule has 5 nitrogen and oxygen atoms in total. The fourth-order valence-corrected chi connectivity index (χ4v) is 4.89. The van der Waals surface area contributed by atoms with E-state index in [4.69, 9.17) is 5.11 Å². The van der Waals surface area contributed by atoms with Crippen LogP contribution in [0, 0.1) is 5.82 Å². The smallest absolute Gasteiger partial charge is 0.335 e.